The standard InChI is InChI=1S/C12H16ClFN2O2S/c1-7(11(6-17)19-2)15-12(18)16-10-4-3-8(13)5-9(10)14/h3-5,7,11,17H,6H2,1-2H3,(H2,15,16,18). The Hall–Kier alpha value is -0.980. The zero-order valence-corrected chi connectivity index (χ0v) is 12.2. The third-order valence-corrected chi connectivity index (χ3v) is 3.98. The zero-order chi connectivity index (χ0) is 14.4. The van der Waals surface area contributed by atoms with Crippen molar-refractivity contribution >= 4 is 35.1 Å². The normalized spacial score (nSPS) is 13.7. The first kappa shape index (κ1) is 16.1. The van der Waals surface area contributed by atoms with Crippen LogP contribution in [0.3, 0.4) is 0 Å². The number of aliphatic hydroxyl groups excluding tert-OH is 1. The van der Waals surface area contributed by atoms with Crippen LogP contribution in [0.2, 0.25) is 5.02 Å². The number of hydrogen-bond acceptors (Lipinski definition) is 3. The molecule has 0 aromatic heterocycles. The van der Waals surface area contributed by atoms with Crippen molar-refractivity contribution in [3.8, 4) is 0 Å². The second-order valence-corrected chi connectivity index (χ2v) is 5.48. The summed E-state index contributed by atoms with van der Waals surface area (Å²) in [6, 6.07) is 3.23. The van der Waals surface area contributed by atoms with Crippen LogP contribution >= 0.6 is 23.4 Å². The van der Waals surface area contributed by atoms with E-state index in [0.717, 1.165) is 6.07 Å². The van der Waals surface area contributed by atoms with E-state index in [1.165, 1.54) is 23.9 Å². The van der Waals surface area contributed by atoms with Crippen molar-refractivity contribution in [2.45, 2.75) is 18.2 Å². The molecule has 7 heteroatoms. The maximum atomic E-state index is 13.5. The fraction of sp³-hybridized carbons (Fsp3) is 0.417. The second-order valence-electron chi connectivity index (χ2n) is 3.97. The van der Waals surface area contributed by atoms with Crippen molar-refractivity contribution in [2.24, 2.45) is 0 Å². The lowest BCUT2D eigenvalue weighted by Crippen LogP contribution is -2.43. The number of rotatable bonds is 5. The first-order chi connectivity index (χ1) is 8.97. The number of carbonyl (C=O) groups excluding carboxylic acids is 1. The minimum Gasteiger partial charge on any atom is -0.395 e. The van der Waals surface area contributed by atoms with Gasteiger partial charge in [0.1, 0.15) is 5.82 Å². The van der Waals surface area contributed by atoms with Crippen LogP contribution in [0.4, 0.5) is 14.9 Å². The van der Waals surface area contributed by atoms with E-state index in [2.05, 4.69) is 10.6 Å². The molecule has 0 aliphatic rings. The van der Waals surface area contributed by atoms with E-state index in [1.807, 2.05) is 6.26 Å². The first-order valence-corrected chi connectivity index (χ1v) is 7.30. The SMILES string of the molecule is CSC(CO)C(C)NC(=O)Nc1ccc(Cl)cc1F. The molecule has 2 unspecified atom stereocenters. The summed E-state index contributed by atoms with van der Waals surface area (Å²) in [6.45, 7) is 1.73. The third kappa shape index (κ3) is 4.89. The molecule has 1 aromatic carbocycles. The number of anilines is 1. The van der Waals surface area contributed by atoms with E-state index in [1.54, 1.807) is 6.92 Å². The Kier molecular flexibility index (Phi) is 6.41. The fourth-order valence-electron chi connectivity index (χ4n) is 1.49. The van der Waals surface area contributed by atoms with Gasteiger partial charge in [-0.15, -0.1) is 0 Å². The number of amides is 2. The van der Waals surface area contributed by atoms with E-state index >= 15 is 0 Å². The van der Waals surface area contributed by atoms with Crippen molar-refractivity contribution in [1.29, 1.82) is 0 Å². The van der Waals surface area contributed by atoms with Gasteiger partial charge in [-0.3, -0.25) is 0 Å². The number of urea groups is 1. The van der Waals surface area contributed by atoms with Crippen molar-refractivity contribution in [3.63, 3.8) is 0 Å². The van der Waals surface area contributed by atoms with E-state index in [9.17, 15) is 9.18 Å². The van der Waals surface area contributed by atoms with Gasteiger partial charge in [0.2, 0.25) is 0 Å². The number of halogens is 2. The lowest BCUT2D eigenvalue weighted by Gasteiger charge is -2.21. The number of aliphatic hydroxyl groups is 1. The van der Waals surface area contributed by atoms with Crippen LogP contribution in [0.5, 0.6) is 0 Å². The number of carbonyl (C=O) groups is 1. The Balaban J connectivity index is 2.60. The lowest BCUT2D eigenvalue weighted by molar-refractivity contribution is 0.243. The van der Waals surface area contributed by atoms with Crippen molar-refractivity contribution in [1.82, 2.24) is 5.32 Å². The molecule has 0 fully saturated rings. The fourth-order valence-corrected chi connectivity index (χ4v) is 2.27. The van der Waals surface area contributed by atoms with Gasteiger partial charge in [-0.25, -0.2) is 9.18 Å². The summed E-state index contributed by atoms with van der Waals surface area (Å²) < 4.78 is 13.5. The average Bonchev–Trinajstić information content (AvgIpc) is 2.34. The quantitative estimate of drug-likeness (QED) is 0.784. The highest BCUT2D eigenvalue weighted by molar-refractivity contribution is 7.99. The van der Waals surface area contributed by atoms with Gasteiger partial charge in [-0.2, -0.15) is 11.8 Å². The topological polar surface area (TPSA) is 61.4 Å². The van der Waals surface area contributed by atoms with E-state index < -0.39 is 11.8 Å². The molecule has 1 aromatic rings. The van der Waals surface area contributed by atoms with Crippen LogP contribution in [-0.2, 0) is 0 Å². The van der Waals surface area contributed by atoms with Gasteiger partial charge >= 0.3 is 6.03 Å². The van der Waals surface area contributed by atoms with E-state index in [0.29, 0.717) is 0 Å². The maximum absolute atomic E-state index is 13.5. The van der Waals surface area contributed by atoms with Crippen LogP contribution in [0.1, 0.15) is 6.92 Å². The highest BCUT2D eigenvalue weighted by Crippen LogP contribution is 2.19. The highest BCUT2D eigenvalue weighted by atomic mass is 35.5. The van der Waals surface area contributed by atoms with E-state index in [-0.39, 0.29) is 28.6 Å². The minimum atomic E-state index is -0.598. The van der Waals surface area contributed by atoms with Crippen molar-refractivity contribution < 1.29 is 14.3 Å². The molecule has 2 atom stereocenters. The van der Waals surface area contributed by atoms with Gasteiger partial charge in [0.05, 0.1) is 12.3 Å². The van der Waals surface area contributed by atoms with E-state index in [4.69, 9.17) is 16.7 Å². The summed E-state index contributed by atoms with van der Waals surface area (Å²) in [5, 5.41) is 14.3. The number of nitrogens with one attached hydrogen (secondary N) is 2. The predicted octanol–water partition coefficient (Wildman–Crippen LogP) is 2.71. The molecule has 0 saturated carbocycles. The summed E-state index contributed by atoms with van der Waals surface area (Å²) in [6.07, 6.45) is 1.84. The maximum Gasteiger partial charge on any atom is 0.319 e. The summed E-state index contributed by atoms with van der Waals surface area (Å²) in [7, 11) is 0. The minimum absolute atomic E-state index is 0.0437. The van der Waals surface area contributed by atoms with Gasteiger partial charge in [-0.05, 0) is 31.4 Å². The van der Waals surface area contributed by atoms with Crippen LogP contribution < -0.4 is 10.6 Å². The van der Waals surface area contributed by atoms with Gasteiger partial charge < -0.3 is 15.7 Å². The van der Waals surface area contributed by atoms with Gasteiger partial charge in [0.25, 0.3) is 0 Å². The molecule has 3 N–H and O–H groups in total. The Bertz CT molecular complexity index is 444. The summed E-state index contributed by atoms with van der Waals surface area (Å²) in [5.74, 6) is -0.598. The third-order valence-electron chi connectivity index (χ3n) is 2.58. The number of hydrogen-bond donors (Lipinski definition) is 3. The molecule has 106 valence electrons. The molecule has 19 heavy (non-hydrogen) atoms. The summed E-state index contributed by atoms with van der Waals surface area (Å²) >= 11 is 7.07. The van der Waals surface area contributed by atoms with Gasteiger partial charge in [0.15, 0.2) is 0 Å². The van der Waals surface area contributed by atoms with Crippen LogP contribution in [-0.4, -0.2) is 35.3 Å². The molecule has 0 aliphatic heterocycles. The molecule has 0 heterocycles. The predicted molar refractivity (Wildman–Crippen MR) is 77.4 cm³/mol. The molecule has 2 amide bonds. The first-order valence-electron chi connectivity index (χ1n) is 5.64. The Morgan fingerprint density at radius 3 is 2.79 bits per heavy atom. The molecule has 1 rings (SSSR count). The second kappa shape index (κ2) is 7.57. The van der Waals surface area contributed by atoms with Crippen LogP contribution in [0, 0.1) is 5.82 Å². The Labute approximate surface area is 120 Å². The molecular formula is C12H16ClFN2O2S. The molecule has 0 radical (unpaired) electrons. The Morgan fingerprint density at radius 2 is 2.26 bits per heavy atom. The summed E-state index contributed by atoms with van der Waals surface area (Å²) in [5.41, 5.74) is 0.0544. The molecular weight excluding hydrogens is 291 g/mol. The largest absolute Gasteiger partial charge is 0.395 e. The summed E-state index contributed by atoms with van der Waals surface area (Å²) in [4.78, 5) is 11.7. The zero-order valence-electron chi connectivity index (χ0n) is 10.6. The smallest absolute Gasteiger partial charge is 0.319 e. The average molecular weight is 307 g/mol. The van der Waals surface area contributed by atoms with Crippen LogP contribution in [0.15, 0.2) is 18.2 Å². The molecule has 4 nitrogen and oxygen atoms in total. The van der Waals surface area contributed by atoms with Crippen molar-refractivity contribution in [3.05, 3.63) is 29.0 Å². The Morgan fingerprint density at radius 1 is 1.58 bits per heavy atom. The monoisotopic (exact) mass is 306 g/mol. The molecule has 0 bridgehead atoms. The lowest BCUT2D eigenvalue weighted by atomic mass is 10.2. The van der Waals surface area contributed by atoms with Crippen molar-refractivity contribution in [2.75, 3.05) is 18.2 Å². The van der Waals surface area contributed by atoms with Gasteiger partial charge in [-0.1, -0.05) is 11.6 Å². The number of thioether (sulfide) groups is 1. The molecule has 0 saturated heterocycles. The van der Waals surface area contributed by atoms with Gasteiger partial charge in [0, 0.05) is 16.3 Å². The molecule has 0 spiro atoms. The van der Waals surface area contributed by atoms with Crippen LogP contribution in [0.25, 0.3) is 0 Å². The molecule has 0 aliphatic carbocycles. The number of benzene rings is 1. The highest BCUT2D eigenvalue weighted by Gasteiger charge is 2.17.